The summed E-state index contributed by atoms with van der Waals surface area (Å²) in [6.45, 7) is 0.617. The van der Waals surface area contributed by atoms with E-state index in [1.807, 2.05) is 18.2 Å². The summed E-state index contributed by atoms with van der Waals surface area (Å²) in [7, 11) is 0. The fourth-order valence-electron chi connectivity index (χ4n) is 4.47. The molecule has 4 heteroatoms. The highest BCUT2D eigenvalue weighted by Crippen LogP contribution is 2.42. The Bertz CT molecular complexity index is 599. The van der Waals surface area contributed by atoms with E-state index in [4.69, 9.17) is 5.73 Å². The van der Waals surface area contributed by atoms with Crippen LogP contribution in [0.15, 0.2) is 24.3 Å². The third-order valence-corrected chi connectivity index (χ3v) is 5.83. The number of primary amides is 1. The van der Waals surface area contributed by atoms with Crippen molar-refractivity contribution in [2.24, 2.45) is 23.5 Å². The molecule has 0 saturated heterocycles. The quantitative estimate of drug-likeness (QED) is 0.872. The first-order valence-electron chi connectivity index (χ1n) is 9.30. The molecule has 0 unspecified atom stereocenters. The van der Waals surface area contributed by atoms with Gasteiger partial charge in [0.05, 0.1) is 0 Å². The number of nitrogens with one attached hydrogen (secondary N) is 1. The van der Waals surface area contributed by atoms with E-state index in [2.05, 4.69) is 5.32 Å². The third-order valence-electron chi connectivity index (χ3n) is 5.83. The minimum atomic E-state index is -0.412. The number of hydrogen-bond donors (Lipinski definition) is 2. The molecule has 0 aromatic heterocycles. The summed E-state index contributed by atoms with van der Waals surface area (Å²) in [6.07, 6.45) is 9.48. The number of carbonyl (C=O) groups is 2. The van der Waals surface area contributed by atoms with Gasteiger partial charge in [0.2, 0.25) is 11.8 Å². The van der Waals surface area contributed by atoms with Gasteiger partial charge in [0.15, 0.2) is 0 Å². The zero-order valence-corrected chi connectivity index (χ0v) is 14.3. The number of fused-ring (bicyclic) bond motifs is 1. The number of benzene rings is 1. The molecular formula is C20H28N2O2. The molecule has 0 spiro atoms. The summed E-state index contributed by atoms with van der Waals surface area (Å²) < 4.78 is 0. The lowest BCUT2D eigenvalue weighted by Crippen LogP contribution is -2.38. The summed E-state index contributed by atoms with van der Waals surface area (Å²) >= 11 is 0. The highest BCUT2D eigenvalue weighted by atomic mass is 16.2. The average molecular weight is 328 g/mol. The van der Waals surface area contributed by atoms with Crippen molar-refractivity contribution >= 4 is 11.8 Å². The van der Waals surface area contributed by atoms with Crippen LogP contribution in [0.4, 0.5) is 0 Å². The molecule has 2 aliphatic carbocycles. The van der Waals surface area contributed by atoms with Gasteiger partial charge < -0.3 is 11.1 Å². The zero-order chi connectivity index (χ0) is 16.9. The van der Waals surface area contributed by atoms with E-state index >= 15 is 0 Å². The van der Waals surface area contributed by atoms with Crippen LogP contribution < -0.4 is 11.1 Å². The first kappa shape index (κ1) is 17.0. The molecule has 2 fully saturated rings. The molecule has 1 aromatic rings. The molecule has 3 rings (SSSR count). The Labute approximate surface area is 144 Å². The SMILES string of the molecule is NC(=O)c1cccc(CCNC(=O)[C@@H]2CC[C@H]3CCCC[C@H]3C2)c1. The van der Waals surface area contributed by atoms with Crippen molar-refractivity contribution in [2.75, 3.05) is 6.54 Å². The van der Waals surface area contributed by atoms with Crippen molar-refractivity contribution in [3.8, 4) is 0 Å². The van der Waals surface area contributed by atoms with Gasteiger partial charge in [-0.1, -0.05) is 37.8 Å². The maximum Gasteiger partial charge on any atom is 0.248 e. The topological polar surface area (TPSA) is 72.2 Å². The lowest BCUT2D eigenvalue weighted by atomic mass is 9.67. The van der Waals surface area contributed by atoms with Crippen molar-refractivity contribution in [3.05, 3.63) is 35.4 Å². The fourth-order valence-corrected chi connectivity index (χ4v) is 4.47. The number of carbonyl (C=O) groups excluding carboxylic acids is 2. The molecule has 3 atom stereocenters. The molecule has 1 aromatic carbocycles. The van der Waals surface area contributed by atoms with Gasteiger partial charge in [0.1, 0.15) is 0 Å². The van der Waals surface area contributed by atoms with E-state index < -0.39 is 5.91 Å². The molecule has 4 nitrogen and oxygen atoms in total. The van der Waals surface area contributed by atoms with Gasteiger partial charge in [-0.25, -0.2) is 0 Å². The van der Waals surface area contributed by atoms with Crippen LogP contribution in [0.3, 0.4) is 0 Å². The Hall–Kier alpha value is -1.84. The zero-order valence-electron chi connectivity index (χ0n) is 14.3. The maximum atomic E-state index is 12.5. The normalized spacial score (nSPS) is 26.4. The predicted octanol–water partition coefficient (Wildman–Crippen LogP) is 3.05. The summed E-state index contributed by atoms with van der Waals surface area (Å²) in [5.41, 5.74) is 6.85. The van der Waals surface area contributed by atoms with Crippen LogP contribution in [-0.2, 0) is 11.2 Å². The fraction of sp³-hybridized carbons (Fsp3) is 0.600. The van der Waals surface area contributed by atoms with Gasteiger partial charge in [-0.2, -0.15) is 0 Å². The Kier molecular flexibility index (Phi) is 5.54. The van der Waals surface area contributed by atoms with Crippen LogP contribution in [0.25, 0.3) is 0 Å². The Balaban J connectivity index is 1.46. The predicted molar refractivity (Wildman–Crippen MR) is 94.5 cm³/mol. The van der Waals surface area contributed by atoms with E-state index in [1.165, 1.54) is 32.1 Å². The van der Waals surface area contributed by atoms with Crippen molar-refractivity contribution in [3.63, 3.8) is 0 Å². The molecule has 0 heterocycles. The van der Waals surface area contributed by atoms with Crippen molar-refractivity contribution in [1.82, 2.24) is 5.32 Å². The highest BCUT2D eigenvalue weighted by Gasteiger charge is 2.34. The second-order valence-electron chi connectivity index (χ2n) is 7.42. The van der Waals surface area contributed by atoms with Crippen LogP contribution in [0.1, 0.15) is 60.9 Å². The number of rotatable bonds is 5. The minimum Gasteiger partial charge on any atom is -0.366 e. The van der Waals surface area contributed by atoms with Crippen molar-refractivity contribution < 1.29 is 9.59 Å². The summed E-state index contributed by atoms with van der Waals surface area (Å²) in [5.74, 6) is 1.64. The molecular weight excluding hydrogens is 300 g/mol. The van der Waals surface area contributed by atoms with E-state index in [9.17, 15) is 9.59 Å². The van der Waals surface area contributed by atoms with Gasteiger partial charge in [-0.15, -0.1) is 0 Å². The van der Waals surface area contributed by atoms with Gasteiger partial charge in [0, 0.05) is 18.0 Å². The van der Waals surface area contributed by atoms with E-state index in [0.29, 0.717) is 12.1 Å². The Morgan fingerprint density at radius 2 is 1.88 bits per heavy atom. The molecule has 2 aliphatic rings. The maximum absolute atomic E-state index is 12.5. The third kappa shape index (κ3) is 4.16. The minimum absolute atomic E-state index is 0.196. The van der Waals surface area contributed by atoms with Gasteiger partial charge in [0.25, 0.3) is 0 Å². The molecule has 24 heavy (non-hydrogen) atoms. The van der Waals surface area contributed by atoms with Crippen molar-refractivity contribution in [1.29, 1.82) is 0 Å². The largest absolute Gasteiger partial charge is 0.366 e. The first-order valence-corrected chi connectivity index (χ1v) is 9.30. The second kappa shape index (κ2) is 7.82. The highest BCUT2D eigenvalue weighted by molar-refractivity contribution is 5.92. The van der Waals surface area contributed by atoms with Crippen LogP contribution in [0, 0.1) is 17.8 Å². The molecule has 130 valence electrons. The Morgan fingerprint density at radius 1 is 1.08 bits per heavy atom. The summed E-state index contributed by atoms with van der Waals surface area (Å²) in [5, 5.41) is 3.09. The van der Waals surface area contributed by atoms with Crippen LogP contribution in [-0.4, -0.2) is 18.4 Å². The summed E-state index contributed by atoms with van der Waals surface area (Å²) in [6, 6.07) is 7.32. The van der Waals surface area contributed by atoms with Crippen LogP contribution >= 0.6 is 0 Å². The Morgan fingerprint density at radius 3 is 2.67 bits per heavy atom. The van der Waals surface area contributed by atoms with Crippen LogP contribution in [0.2, 0.25) is 0 Å². The number of nitrogens with two attached hydrogens (primary N) is 1. The van der Waals surface area contributed by atoms with E-state index in [-0.39, 0.29) is 11.8 Å². The van der Waals surface area contributed by atoms with Gasteiger partial charge >= 0.3 is 0 Å². The second-order valence-corrected chi connectivity index (χ2v) is 7.42. The molecule has 0 bridgehead atoms. The van der Waals surface area contributed by atoms with Crippen LogP contribution in [0.5, 0.6) is 0 Å². The van der Waals surface area contributed by atoms with Crippen molar-refractivity contribution in [2.45, 2.75) is 51.4 Å². The lowest BCUT2D eigenvalue weighted by Gasteiger charge is -2.38. The summed E-state index contributed by atoms with van der Waals surface area (Å²) in [4.78, 5) is 23.7. The first-order chi connectivity index (χ1) is 11.6. The van der Waals surface area contributed by atoms with Gasteiger partial charge in [-0.3, -0.25) is 9.59 Å². The van der Waals surface area contributed by atoms with E-state index in [0.717, 1.165) is 36.7 Å². The standard InChI is InChI=1S/C20H28N2O2/c21-19(23)17-7-3-4-14(12-17)10-11-22-20(24)18-9-8-15-5-1-2-6-16(15)13-18/h3-4,7,12,15-16,18H,1-2,5-6,8-11,13H2,(H2,21,23)(H,22,24)/t15-,16+,18-/m1/s1. The molecule has 2 saturated carbocycles. The lowest BCUT2D eigenvalue weighted by molar-refractivity contribution is -0.127. The monoisotopic (exact) mass is 328 g/mol. The number of amides is 2. The van der Waals surface area contributed by atoms with Gasteiger partial charge in [-0.05, 0) is 55.2 Å². The molecule has 2 amide bonds. The molecule has 0 radical (unpaired) electrons. The molecule has 3 N–H and O–H groups in total. The van der Waals surface area contributed by atoms with E-state index in [1.54, 1.807) is 6.07 Å². The number of hydrogen-bond acceptors (Lipinski definition) is 2. The average Bonchev–Trinajstić information content (AvgIpc) is 2.61. The molecule has 0 aliphatic heterocycles. The smallest absolute Gasteiger partial charge is 0.248 e.